The third-order valence-electron chi connectivity index (χ3n) is 8.13. The minimum absolute atomic E-state index is 0.0315. The van der Waals surface area contributed by atoms with Crippen LogP contribution < -0.4 is 9.04 Å². The highest BCUT2D eigenvalue weighted by Gasteiger charge is 2.40. The molecule has 0 N–H and O–H groups in total. The van der Waals surface area contributed by atoms with E-state index in [4.69, 9.17) is 14.2 Å². The zero-order chi connectivity index (χ0) is 30.7. The third-order valence-corrected chi connectivity index (χ3v) is 9.24. The Morgan fingerprint density at radius 3 is 2.38 bits per heavy atom. The largest absolute Gasteiger partial charge is 0.493 e. The molecule has 42 heavy (non-hydrogen) atoms. The summed E-state index contributed by atoms with van der Waals surface area (Å²) in [5.74, 6) is -0.221. The monoisotopic (exact) mass is 595 g/mol. The van der Waals surface area contributed by atoms with E-state index in [1.165, 1.54) is 17.5 Å². The van der Waals surface area contributed by atoms with Crippen LogP contribution in [0.25, 0.3) is 22.3 Å². The van der Waals surface area contributed by atoms with Crippen molar-refractivity contribution < 1.29 is 31.8 Å². The van der Waals surface area contributed by atoms with Gasteiger partial charge in [-0.15, -0.1) is 0 Å². The summed E-state index contributed by atoms with van der Waals surface area (Å²) < 4.78 is 61.1. The van der Waals surface area contributed by atoms with Gasteiger partial charge in [0, 0.05) is 16.7 Å². The average Bonchev–Trinajstić information content (AvgIpc) is 2.92. The lowest BCUT2D eigenvalue weighted by Crippen LogP contribution is -2.35. The molecule has 9 heteroatoms. The maximum absolute atomic E-state index is 15.7. The second kappa shape index (κ2) is 10.7. The predicted octanol–water partition coefficient (Wildman–Crippen LogP) is 6.72. The highest BCUT2D eigenvalue weighted by atomic mass is 32.2. The number of anilines is 1. The maximum Gasteiger partial charge on any atom is 0.339 e. The molecule has 0 amide bonds. The second-order valence-electron chi connectivity index (χ2n) is 12.1. The van der Waals surface area contributed by atoms with Crippen LogP contribution in [-0.4, -0.2) is 40.0 Å². The fourth-order valence-electron chi connectivity index (χ4n) is 6.36. The van der Waals surface area contributed by atoms with Crippen LogP contribution in [0.5, 0.6) is 5.75 Å². The van der Waals surface area contributed by atoms with Gasteiger partial charge in [0.05, 0.1) is 37.8 Å². The van der Waals surface area contributed by atoms with Crippen LogP contribution in [0.3, 0.4) is 0 Å². The number of hydrogen-bond acceptors (Lipinski definition) is 6. The van der Waals surface area contributed by atoms with Gasteiger partial charge in [0.1, 0.15) is 11.6 Å². The smallest absolute Gasteiger partial charge is 0.339 e. The highest BCUT2D eigenvalue weighted by Crippen LogP contribution is 2.53. The molecule has 0 fully saturated rings. The highest BCUT2D eigenvalue weighted by molar-refractivity contribution is 7.92. The van der Waals surface area contributed by atoms with Crippen LogP contribution in [0.2, 0.25) is 0 Å². The Morgan fingerprint density at radius 1 is 1.02 bits per heavy atom. The van der Waals surface area contributed by atoms with Crippen LogP contribution in [0.1, 0.15) is 66.7 Å². The first-order valence-corrected chi connectivity index (χ1v) is 15.9. The molecule has 0 bridgehead atoms. The van der Waals surface area contributed by atoms with Gasteiger partial charge in [-0.05, 0) is 105 Å². The molecular formula is C33H38FNO6S. The van der Waals surface area contributed by atoms with Crippen molar-refractivity contribution in [2.75, 3.05) is 24.3 Å². The number of carbonyl (C=O) groups excluding carboxylic acids is 1. The first-order valence-electron chi connectivity index (χ1n) is 14.1. The van der Waals surface area contributed by atoms with Crippen molar-refractivity contribution >= 4 is 21.7 Å². The summed E-state index contributed by atoms with van der Waals surface area (Å²) in [6.45, 7) is 11.8. The Kier molecular flexibility index (Phi) is 7.64. The van der Waals surface area contributed by atoms with Crippen molar-refractivity contribution in [1.29, 1.82) is 0 Å². The summed E-state index contributed by atoms with van der Waals surface area (Å²) in [4.78, 5) is 13.5. The second-order valence-corrected chi connectivity index (χ2v) is 14.0. The lowest BCUT2D eigenvalue weighted by molar-refractivity contribution is -0.164. The molecule has 0 aliphatic carbocycles. The quantitative estimate of drug-likeness (QED) is 0.305. The zero-order valence-corrected chi connectivity index (χ0v) is 26.3. The van der Waals surface area contributed by atoms with Gasteiger partial charge in [0.15, 0.2) is 6.10 Å². The van der Waals surface area contributed by atoms with Crippen LogP contribution in [0.15, 0.2) is 30.3 Å². The first kappa shape index (κ1) is 30.0. The molecule has 3 aromatic carbocycles. The number of methoxy groups -OCH3 is 1. The molecule has 2 aliphatic rings. The number of rotatable bonds is 5. The molecule has 1 atom stereocenters. The van der Waals surface area contributed by atoms with Crippen molar-refractivity contribution in [3.8, 4) is 28.0 Å². The molecule has 2 aliphatic heterocycles. The molecule has 0 aromatic heterocycles. The number of halogens is 1. The van der Waals surface area contributed by atoms with E-state index in [2.05, 4.69) is 0 Å². The zero-order valence-electron chi connectivity index (χ0n) is 25.5. The van der Waals surface area contributed by atoms with E-state index in [9.17, 15) is 13.2 Å². The third kappa shape index (κ3) is 5.07. The summed E-state index contributed by atoms with van der Waals surface area (Å²) in [5.41, 5.74) is 6.29. The Hall–Kier alpha value is -3.43. The molecule has 0 saturated heterocycles. The molecule has 0 radical (unpaired) electrons. The minimum atomic E-state index is -3.80. The van der Waals surface area contributed by atoms with E-state index in [0.29, 0.717) is 51.2 Å². The van der Waals surface area contributed by atoms with Crippen molar-refractivity contribution in [2.45, 2.75) is 72.6 Å². The lowest BCUT2D eigenvalue weighted by Gasteiger charge is -2.38. The van der Waals surface area contributed by atoms with Gasteiger partial charge in [-0.3, -0.25) is 4.31 Å². The molecule has 0 spiro atoms. The minimum Gasteiger partial charge on any atom is -0.493 e. The summed E-state index contributed by atoms with van der Waals surface area (Å²) in [5, 5.41) is 0. The summed E-state index contributed by atoms with van der Waals surface area (Å²) in [6, 6.07) is 8.63. The number of hydrogen-bond donors (Lipinski definition) is 0. The Labute approximate surface area is 247 Å². The molecule has 2 heterocycles. The molecule has 0 saturated carbocycles. The standard InChI is InChI=1S/C33H38FNO6S/c1-18-22-12-10-16-40-25(22)15-14-23(18)26-19(2)27-29-21(11-9-13-24(29)34)17-35(42(8,37)38)30(27)20(3)28(26)31(32(36)39-7)41-33(4,5)6/h9,11,13-15,31H,10,12,16-17H2,1-8H3/t31-/m0/s1. The van der Waals surface area contributed by atoms with E-state index in [-0.39, 0.29) is 6.54 Å². The van der Waals surface area contributed by atoms with Gasteiger partial charge in [-0.25, -0.2) is 17.6 Å². The summed E-state index contributed by atoms with van der Waals surface area (Å²) in [6.07, 6.45) is 1.68. The van der Waals surface area contributed by atoms with Crippen LogP contribution >= 0.6 is 0 Å². The number of carbonyl (C=O) groups is 1. The van der Waals surface area contributed by atoms with Crippen molar-refractivity contribution in [2.24, 2.45) is 0 Å². The van der Waals surface area contributed by atoms with E-state index < -0.39 is 33.5 Å². The maximum atomic E-state index is 15.7. The number of benzene rings is 3. The molecule has 224 valence electrons. The fraction of sp³-hybridized carbons (Fsp3) is 0.424. The summed E-state index contributed by atoms with van der Waals surface area (Å²) >= 11 is 0. The van der Waals surface area contributed by atoms with E-state index >= 15 is 4.39 Å². The number of fused-ring (bicyclic) bond motifs is 4. The van der Waals surface area contributed by atoms with Crippen LogP contribution in [0, 0.1) is 26.6 Å². The van der Waals surface area contributed by atoms with Crippen molar-refractivity contribution in [3.63, 3.8) is 0 Å². The van der Waals surface area contributed by atoms with Crippen LogP contribution in [0.4, 0.5) is 10.1 Å². The van der Waals surface area contributed by atoms with Gasteiger partial charge in [0.2, 0.25) is 10.0 Å². The van der Waals surface area contributed by atoms with Crippen LogP contribution in [-0.2, 0) is 37.3 Å². The molecule has 7 nitrogen and oxygen atoms in total. The molecule has 3 aromatic rings. The number of esters is 1. The number of nitrogens with zero attached hydrogens (tertiary/aromatic N) is 1. The fourth-order valence-corrected chi connectivity index (χ4v) is 7.30. The SMILES string of the molecule is COC(=O)[C@@H](OC(C)(C)C)c1c(C)c2c(c(C)c1-c1ccc3c(c1C)CCCO3)-c1c(F)cccc1CN2S(C)(=O)=O. The average molecular weight is 596 g/mol. The summed E-state index contributed by atoms with van der Waals surface area (Å²) in [7, 11) is -2.49. The van der Waals surface area contributed by atoms with E-state index in [1.54, 1.807) is 19.1 Å². The molecular weight excluding hydrogens is 557 g/mol. The van der Waals surface area contributed by atoms with Gasteiger partial charge >= 0.3 is 5.97 Å². The lowest BCUT2D eigenvalue weighted by atomic mass is 9.78. The van der Waals surface area contributed by atoms with E-state index in [1.807, 2.05) is 46.8 Å². The topological polar surface area (TPSA) is 82.1 Å². The Bertz CT molecular complexity index is 1710. The predicted molar refractivity (Wildman–Crippen MR) is 162 cm³/mol. The number of sulfonamides is 1. The molecule has 0 unspecified atom stereocenters. The van der Waals surface area contributed by atoms with Crippen molar-refractivity contribution in [3.05, 3.63) is 69.5 Å². The number of ether oxygens (including phenoxy) is 3. The van der Waals surface area contributed by atoms with E-state index in [0.717, 1.165) is 41.5 Å². The first-order chi connectivity index (χ1) is 19.7. The van der Waals surface area contributed by atoms with Gasteiger partial charge in [-0.2, -0.15) is 0 Å². The Morgan fingerprint density at radius 2 is 1.74 bits per heavy atom. The van der Waals surface area contributed by atoms with Gasteiger partial charge in [0.25, 0.3) is 0 Å². The van der Waals surface area contributed by atoms with Gasteiger partial charge < -0.3 is 14.2 Å². The Balaban J connectivity index is 1.98. The van der Waals surface area contributed by atoms with Gasteiger partial charge in [-0.1, -0.05) is 18.2 Å². The normalized spacial score (nSPS) is 15.3. The molecule has 5 rings (SSSR count). The van der Waals surface area contributed by atoms with Crippen molar-refractivity contribution in [1.82, 2.24) is 0 Å².